The number of nitrogens with zero attached hydrogens (tertiary/aromatic N) is 1. The molecular formula is C9H14NSn. The second-order valence-electron chi connectivity index (χ2n) is 3.36. The summed E-state index contributed by atoms with van der Waals surface area (Å²) in [6.07, 6.45) is 6.68. The van der Waals surface area contributed by atoms with E-state index in [1.807, 2.05) is 0 Å². The Morgan fingerprint density at radius 1 is 1.55 bits per heavy atom. The number of hydrogen-bond acceptors (Lipinski definition) is 1. The van der Waals surface area contributed by atoms with Gasteiger partial charge < -0.3 is 0 Å². The van der Waals surface area contributed by atoms with Crippen LogP contribution in [0, 0.1) is 0 Å². The van der Waals surface area contributed by atoms with Crippen LogP contribution in [-0.2, 0) is 0 Å². The molecule has 2 aliphatic rings. The zero-order valence-electron chi connectivity index (χ0n) is 6.84. The van der Waals surface area contributed by atoms with Crippen LogP contribution in [0.15, 0.2) is 9.67 Å². The van der Waals surface area contributed by atoms with Crippen LogP contribution in [0.1, 0.15) is 19.3 Å². The first kappa shape index (κ1) is 7.99. The molecule has 1 fully saturated rings. The molecule has 11 heavy (non-hydrogen) atoms. The maximum atomic E-state index is 4.11. The van der Waals surface area contributed by atoms with Gasteiger partial charge in [-0.2, -0.15) is 0 Å². The maximum absolute atomic E-state index is 4.11. The standard InChI is InChI=1S/C8H12N.CH2.Sn/c1-2-6-9-7-3-5-8(9)4-1;;/h4,8H,2-3,5-7H2;1H2;. The quantitative estimate of drug-likeness (QED) is 0.628. The third kappa shape index (κ3) is 1.59. The number of hydrogen-bond donors (Lipinski definition) is 0. The van der Waals surface area contributed by atoms with Gasteiger partial charge in [0.25, 0.3) is 0 Å². The van der Waals surface area contributed by atoms with Crippen LogP contribution in [0.5, 0.6) is 0 Å². The topological polar surface area (TPSA) is 3.24 Å². The molecule has 2 aliphatic heterocycles. The predicted molar refractivity (Wildman–Crippen MR) is 50.2 cm³/mol. The summed E-state index contributed by atoms with van der Waals surface area (Å²) < 4.78 is 5.85. The van der Waals surface area contributed by atoms with Crippen molar-refractivity contribution < 1.29 is 0 Å². The van der Waals surface area contributed by atoms with E-state index in [2.05, 4.69) is 15.5 Å². The molecule has 1 unspecified atom stereocenters. The van der Waals surface area contributed by atoms with Crippen LogP contribution in [0.2, 0.25) is 0 Å². The molecule has 0 aromatic rings. The Balaban J connectivity index is 2.13. The summed E-state index contributed by atoms with van der Waals surface area (Å²) in [5.41, 5.74) is 0. The number of rotatable bonds is 1. The van der Waals surface area contributed by atoms with Crippen LogP contribution in [0.3, 0.4) is 0 Å². The van der Waals surface area contributed by atoms with Gasteiger partial charge in [-0.15, -0.1) is 0 Å². The van der Waals surface area contributed by atoms with E-state index in [1.165, 1.54) is 32.4 Å². The molecule has 1 saturated heterocycles. The first-order chi connectivity index (χ1) is 5.40. The molecule has 0 saturated carbocycles. The van der Waals surface area contributed by atoms with Gasteiger partial charge in [0.05, 0.1) is 0 Å². The van der Waals surface area contributed by atoms with Gasteiger partial charge >= 0.3 is 78.2 Å². The summed E-state index contributed by atoms with van der Waals surface area (Å²) in [5, 5.41) is 0. The Bertz CT molecular complexity index is 198. The summed E-state index contributed by atoms with van der Waals surface area (Å²) in [4.78, 5) is 2.62. The van der Waals surface area contributed by atoms with Gasteiger partial charge in [-0.25, -0.2) is 0 Å². The summed E-state index contributed by atoms with van der Waals surface area (Å²) in [6, 6.07) is 0.821. The fraction of sp³-hybridized carbons (Fsp3) is 0.667. The van der Waals surface area contributed by atoms with Crippen LogP contribution in [0.4, 0.5) is 0 Å². The monoisotopic (exact) mass is 256 g/mol. The van der Waals surface area contributed by atoms with Crippen molar-refractivity contribution in [3.63, 3.8) is 0 Å². The van der Waals surface area contributed by atoms with Crippen LogP contribution in [-0.4, -0.2) is 49.2 Å². The van der Waals surface area contributed by atoms with E-state index in [0.717, 1.165) is 6.04 Å². The summed E-state index contributed by atoms with van der Waals surface area (Å²) in [7, 11) is 0. The van der Waals surface area contributed by atoms with E-state index < -0.39 is 0 Å². The molecule has 1 nitrogen and oxygen atoms in total. The van der Waals surface area contributed by atoms with Gasteiger partial charge in [0.1, 0.15) is 0 Å². The van der Waals surface area contributed by atoms with Gasteiger partial charge in [0.2, 0.25) is 0 Å². The third-order valence-electron chi connectivity index (χ3n) is 2.70. The molecule has 0 aromatic carbocycles. The van der Waals surface area contributed by atoms with Crippen molar-refractivity contribution in [2.75, 3.05) is 13.1 Å². The van der Waals surface area contributed by atoms with Crippen molar-refractivity contribution in [2.24, 2.45) is 0 Å². The molecule has 0 spiro atoms. The van der Waals surface area contributed by atoms with Crippen LogP contribution in [0.25, 0.3) is 0 Å². The van der Waals surface area contributed by atoms with Crippen molar-refractivity contribution in [1.29, 1.82) is 0 Å². The molecule has 2 heterocycles. The Labute approximate surface area is 78.2 Å². The minimum absolute atomic E-state index is 0.330. The van der Waals surface area contributed by atoms with Gasteiger partial charge in [0.15, 0.2) is 0 Å². The van der Waals surface area contributed by atoms with E-state index in [1.54, 1.807) is 3.59 Å². The molecule has 2 heteroatoms. The molecule has 0 aromatic heterocycles. The van der Waals surface area contributed by atoms with E-state index in [-0.39, 0.29) is 20.7 Å². The average molecular weight is 255 g/mol. The number of fused-ring (bicyclic) bond motifs is 1. The third-order valence-corrected chi connectivity index (χ3v) is 5.19. The zero-order valence-corrected chi connectivity index (χ0v) is 9.70. The Kier molecular flexibility index (Phi) is 2.47. The van der Waals surface area contributed by atoms with E-state index in [4.69, 9.17) is 0 Å². The molecule has 0 N–H and O–H groups in total. The molecule has 2 rings (SSSR count). The van der Waals surface area contributed by atoms with Crippen LogP contribution >= 0.6 is 0 Å². The second-order valence-corrected chi connectivity index (χ2v) is 6.21. The second kappa shape index (κ2) is 3.40. The summed E-state index contributed by atoms with van der Waals surface area (Å²) >= 11 is -0.330. The summed E-state index contributed by atoms with van der Waals surface area (Å²) in [5.74, 6) is 0. The molecule has 0 amide bonds. The Hall–Kier alpha value is 0.369. The minimum atomic E-state index is -0.330. The van der Waals surface area contributed by atoms with Gasteiger partial charge in [-0.1, -0.05) is 0 Å². The first-order valence-electron chi connectivity index (χ1n) is 4.38. The fourth-order valence-electron chi connectivity index (χ4n) is 2.05. The SMILES string of the molecule is [CH2]=[Sn][C]1=CC2CCCN2CC1. The van der Waals surface area contributed by atoms with E-state index in [9.17, 15) is 0 Å². The van der Waals surface area contributed by atoms with Crippen LogP contribution < -0.4 is 0 Å². The van der Waals surface area contributed by atoms with Crippen molar-refractivity contribution in [3.05, 3.63) is 9.67 Å². The molecule has 59 valence electrons. The fourth-order valence-corrected chi connectivity index (χ4v) is 3.75. The molecule has 0 bridgehead atoms. The van der Waals surface area contributed by atoms with Crippen molar-refractivity contribution in [1.82, 2.24) is 4.90 Å². The molecule has 1 atom stereocenters. The van der Waals surface area contributed by atoms with Gasteiger partial charge in [-0.3, -0.25) is 0 Å². The van der Waals surface area contributed by atoms with Crippen molar-refractivity contribution in [2.45, 2.75) is 25.3 Å². The van der Waals surface area contributed by atoms with Crippen molar-refractivity contribution in [3.8, 4) is 0 Å². The Morgan fingerprint density at radius 3 is 3.27 bits per heavy atom. The average Bonchev–Trinajstić information content (AvgIpc) is 2.50. The summed E-state index contributed by atoms with van der Waals surface area (Å²) in [6.45, 7) is 2.67. The zero-order chi connectivity index (χ0) is 7.68. The van der Waals surface area contributed by atoms with Gasteiger partial charge in [0, 0.05) is 0 Å². The first-order valence-corrected chi connectivity index (χ1v) is 7.82. The molecule has 0 aliphatic carbocycles. The molecule has 1 radical (unpaired) electrons. The Morgan fingerprint density at radius 2 is 2.45 bits per heavy atom. The molecular weight excluding hydrogens is 241 g/mol. The van der Waals surface area contributed by atoms with Gasteiger partial charge in [-0.05, 0) is 0 Å². The normalized spacial score (nSPS) is 31.3. The van der Waals surface area contributed by atoms with E-state index in [0.29, 0.717) is 0 Å². The van der Waals surface area contributed by atoms with Crippen molar-refractivity contribution >= 4 is 25.2 Å². The predicted octanol–water partition coefficient (Wildman–Crippen LogP) is 0.875. The van der Waals surface area contributed by atoms with E-state index >= 15 is 0 Å².